The average molecular weight is 314 g/mol. The summed E-state index contributed by atoms with van der Waals surface area (Å²) in [6, 6.07) is 11.0. The van der Waals surface area contributed by atoms with Crippen LogP contribution in [0.1, 0.15) is 5.76 Å². The molecular formula is C15H12N3O3S+. The van der Waals surface area contributed by atoms with Crippen LogP contribution in [0.4, 0.5) is 5.69 Å². The molecule has 1 saturated heterocycles. The first kappa shape index (κ1) is 14.2. The summed E-state index contributed by atoms with van der Waals surface area (Å²) in [5.74, 6) is -0.0931. The molecule has 0 aliphatic carbocycles. The molecule has 2 heterocycles. The first-order valence-electron chi connectivity index (χ1n) is 6.44. The van der Waals surface area contributed by atoms with Gasteiger partial charge in [0.05, 0.1) is 5.56 Å². The van der Waals surface area contributed by atoms with Crippen molar-refractivity contribution in [3.63, 3.8) is 0 Å². The van der Waals surface area contributed by atoms with Crippen molar-refractivity contribution in [1.82, 2.24) is 10.6 Å². The number of rotatable bonds is 2. The molecule has 1 aliphatic heterocycles. The maximum Gasteiger partial charge on any atom is 0.263 e. The molecule has 0 radical (unpaired) electrons. The molecular weight excluding hydrogens is 302 g/mol. The highest BCUT2D eigenvalue weighted by Crippen LogP contribution is 2.27. The predicted molar refractivity (Wildman–Crippen MR) is 83.6 cm³/mol. The van der Waals surface area contributed by atoms with Gasteiger partial charge in [-0.05, 0) is 42.6 Å². The Hall–Kier alpha value is -2.77. The van der Waals surface area contributed by atoms with E-state index in [1.54, 1.807) is 12.1 Å². The number of benzene rings is 1. The van der Waals surface area contributed by atoms with Gasteiger partial charge >= 0.3 is 0 Å². The molecule has 3 rings (SSSR count). The van der Waals surface area contributed by atoms with Gasteiger partial charge < -0.3 is 10.2 Å². The molecule has 1 aromatic carbocycles. The number of hydrogen-bond acceptors (Lipinski definition) is 4. The van der Waals surface area contributed by atoms with Gasteiger partial charge in [-0.15, -0.1) is 0 Å². The first-order valence-corrected chi connectivity index (χ1v) is 6.85. The van der Waals surface area contributed by atoms with E-state index in [2.05, 4.69) is 16.4 Å². The summed E-state index contributed by atoms with van der Waals surface area (Å²) >= 11 is 4.74. The van der Waals surface area contributed by atoms with Crippen LogP contribution in [0.25, 0.3) is 17.4 Å². The third-order valence-corrected chi connectivity index (χ3v) is 3.34. The Bertz CT molecular complexity index is 801. The topological polar surface area (TPSA) is 99.0 Å². The van der Waals surface area contributed by atoms with Crippen LogP contribution < -0.4 is 16.4 Å². The van der Waals surface area contributed by atoms with Gasteiger partial charge in [-0.2, -0.15) is 0 Å². The van der Waals surface area contributed by atoms with Crippen LogP contribution in [0.15, 0.2) is 46.4 Å². The summed E-state index contributed by atoms with van der Waals surface area (Å²) in [5.41, 5.74) is 5.56. The number of hydrogen-bond donors (Lipinski definition) is 3. The van der Waals surface area contributed by atoms with Gasteiger partial charge in [0.1, 0.15) is 22.8 Å². The Labute approximate surface area is 131 Å². The van der Waals surface area contributed by atoms with E-state index in [0.29, 0.717) is 11.5 Å². The van der Waals surface area contributed by atoms with Gasteiger partial charge in [0.2, 0.25) is 0 Å². The van der Waals surface area contributed by atoms with Gasteiger partial charge in [0, 0.05) is 0 Å². The molecule has 1 aromatic heterocycles. The van der Waals surface area contributed by atoms with E-state index >= 15 is 0 Å². The number of furan rings is 1. The van der Waals surface area contributed by atoms with Crippen molar-refractivity contribution in [2.75, 3.05) is 0 Å². The second kappa shape index (κ2) is 5.55. The SMILES string of the molecule is [NH3+]c1ccccc1-c1ccc(C=C2C(=O)NC(=S)NC2=O)o1. The molecule has 22 heavy (non-hydrogen) atoms. The van der Waals surface area contributed by atoms with E-state index in [1.165, 1.54) is 6.08 Å². The van der Waals surface area contributed by atoms with Gasteiger partial charge in [-0.1, -0.05) is 12.1 Å². The lowest BCUT2D eigenvalue weighted by Gasteiger charge is -2.15. The summed E-state index contributed by atoms with van der Waals surface area (Å²) in [5, 5.41) is 4.73. The smallest absolute Gasteiger partial charge is 0.263 e. The molecule has 7 heteroatoms. The molecule has 0 unspecified atom stereocenters. The van der Waals surface area contributed by atoms with E-state index in [0.717, 1.165) is 11.3 Å². The lowest BCUT2D eigenvalue weighted by molar-refractivity contribution is -0.253. The van der Waals surface area contributed by atoms with E-state index in [4.69, 9.17) is 16.6 Å². The molecule has 5 N–H and O–H groups in total. The highest BCUT2D eigenvalue weighted by Gasteiger charge is 2.26. The Morgan fingerprint density at radius 3 is 2.41 bits per heavy atom. The lowest BCUT2D eigenvalue weighted by atomic mass is 10.1. The summed E-state index contributed by atoms with van der Waals surface area (Å²) in [4.78, 5) is 23.5. The number of carbonyl (C=O) groups is 2. The van der Waals surface area contributed by atoms with Crippen LogP contribution in [0.3, 0.4) is 0 Å². The van der Waals surface area contributed by atoms with E-state index in [1.807, 2.05) is 24.3 Å². The first-order chi connectivity index (χ1) is 10.5. The molecule has 0 atom stereocenters. The number of thiocarbonyl (C=S) groups is 1. The summed E-state index contributed by atoms with van der Waals surface area (Å²) in [6.07, 6.45) is 1.38. The summed E-state index contributed by atoms with van der Waals surface area (Å²) < 4.78 is 5.67. The second-order valence-corrected chi connectivity index (χ2v) is 5.06. The van der Waals surface area contributed by atoms with Crippen LogP contribution in [0, 0.1) is 0 Å². The maximum atomic E-state index is 11.8. The monoisotopic (exact) mass is 314 g/mol. The van der Waals surface area contributed by atoms with Gasteiger partial charge in [0.25, 0.3) is 11.8 Å². The van der Waals surface area contributed by atoms with Crippen molar-refractivity contribution < 1.29 is 19.7 Å². The Kier molecular flexibility index (Phi) is 3.58. The minimum absolute atomic E-state index is 0.00160. The third kappa shape index (κ3) is 2.67. The molecule has 6 nitrogen and oxygen atoms in total. The zero-order valence-electron chi connectivity index (χ0n) is 11.4. The number of quaternary nitrogens is 1. The molecule has 0 bridgehead atoms. The van der Waals surface area contributed by atoms with E-state index in [9.17, 15) is 9.59 Å². The van der Waals surface area contributed by atoms with Crippen LogP contribution in [-0.2, 0) is 9.59 Å². The fraction of sp³-hybridized carbons (Fsp3) is 0. The lowest BCUT2D eigenvalue weighted by Crippen LogP contribution is -2.51. The van der Waals surface area contributed by atoms with Crippen LogP contribution in [-0.4, -0.2) is 16.9 Å². The fourth-order valence-electron chi connectivity index (χ4n) is 2.08. The zero-order valence-corrected chi connectivity index (χ0v) is 12.2. The summed E-state index contributed by atoms with van der Waals surface area (Å²) in [6.45, 7) is 0. The quantitative estimate of drug-likeness (QED) is 0.432. The van der Waals surface area contributed by atoms with Crippen LogP contribution in [0.2, 0.25) is 0 Å². The Balaban J connectivity index is 1.93. The van der Waals surface area contributed by atoms with Crippen molar-refractivity contribution in [1.29, 1.82) is 0 Å². The van der Waals surface area contributed by atoms with Crippen LogP contribution in [0.5, 0.6) is 0 Å². The Morgan fingerprint density at radius 1 is 1.05 bits per heavy atom. The van der Waals surface area contributed by atoms with E-state index in [-0.39, 0.29) is 10.7 Å². The molecule has 1 fully saturated rings. The molecule has 2 amide bonds. The van der Waals surface area contributed by atoms with Crippen molar-refractivity contribution in [3.8, 4) is 11.3 Å². The van der Waals surface area contributed by atoms with E-state index < -0.39 is 11.8 Å². The second-order valence-electron chi connectivity index (χ2n) is 4.65. The maximum absolute atomic E-state index is 11.8. The zero-order chi connectivity index (χ0) is 15.7. The normalized spacial score (nSPS) is 14.6. The minimum Gasteiger partial charge on any atom is -0.456 e. The van der Waals surface area contributed by atoms with Crippen molar-refractivity contribution in [2.45, 2.75) is 0 Å². The van der Waals surface area contributed by atoms with Crippen molar-refractivity contribution in [2.24, 2.45) is 0 Å². The number of nitrogens with one attached hydrogen (secondary N) is 2. The largest absolute Gasteiger partial charge is 0.456 e. The number of amides is 2. The highest BCUT2D eigenvalue weighted by atomic mass is 32.1. The molecule has 0 spiro atoms. The third-order valence-electron chi connectivity index (χ3n) is 3.14. The predicted octanol–water partition coefficient (Wildman–Crippen LogP) is 0.734. The Morgan fingerprint density at radius 2 is 1.73 bits per heavy atom. The molecule has 0 saturated carbocycles. The summed E-state index contributed by atoms with van der Waals surface area (Å²) in [7, 11) is 0. The average Bonchev–Trinajstić information content (AvgIpc) is 2.92. The van der Waals surface area contributed by atoms with Crippen molar-refractivity contribution >= 4 is 40.9 Å². The van der Waals surface area contributed by atoms with Crippen LogP contribution >= 0.6 is 12.2 Å². The fourth-order valence-corrected chi connectivity index (χ4v) is 2.27. The molecule has 2 aromatic rings. The molecule has 110 valence electrons. The van der Waals surface area contributed by atoms with Gasteiger partial charge in [0.15, 0.2) is 5.11 Å². The highest BCUT2D eigenvalue weighted by molar-refractivity contribution is 7.80. The van der Waals surface area contributed by atoms with Gasteiger partial charge in [-0.25, -0.2) is 0 Å². The standard InChI is InChI=1S/C15H11N3O3S/c16-11-4-2-1-3-9(11)12-6-5-8(21-12)7-10-13(19)17-15(22)18-14(10)20/h1-7H,16H2,(H2,17,18,19,20,22)/p+1. The number of carbonyl (C=O) groups excluding carboxylic acids is 2. The minimum atomic E-state index is -0.552. The molecule has 1 aliphatic rings. The van der Waals surface area contributed by atoms with Crippen molar-refractivity contribution in [3.05, 3.63) is 47.7 Å². The van der Waals surface area contributed by atoms with Gasteiger partial charge in [-0.3, -0.25) is 20.2 Å².